The Morgan fingerprint density at radius 1 is 0.415 bits per heavy atom. The maximum absolute atomic E-state index is 13.1. The van der Waals surface area contributed by atoms with Crippen molar-refractivity contribution in [2.24, 2.45) is 0 Å². The second kappa shape index (κ2) is 42.9. The first-order chi connectivity index (χ1) is 62.2. The molecule has 658 valence electrons. The highest BCUT2D eigenvalue weighted by Crippen LogP contribution is 2.42. The number of nitrogens with zero attached hydrogens (tertiary/aromatic N) is 8. The molecule has 0 spiro atoms. The van der Waals surface area contributed by atoms with Gasteiger partial charge < -0.3 is 79.8 Å². The number of aromatic hydroxyl groups is 1. The van der Waals surface area contributed by atoms with Crippen molar-refractivity contribution in [2.75, 3.05) is 50.9 Å². The summed E-state index contributed by atoms with van der Waals surface area (Å²) in [5.41, 5.74) is 6.49. The Kier molecular flexibility index (Phi) is 31.2. The van der Waals surface area contributed by atoms with Gasteiger partial charge in [0.1, 0.15) is 21.2 Å². The van der Waals surface area contributed by atoms with Crippen LogP contribution in [-0.4, -0.2) is 101 Å². The Balaban J connectivity index is 0.000000133. The van der Waals surface area contributed by atoms with Gasteiger partial charge in [-0.2, -0.15) is 20.7 Å². The highest BCUT2D eigenvalue weighted by Gasteiger charge is 2.31. The van der Waals surface area contributed by atoms with Crippen molar-refractivity contribution in [1.29, 1.82) is 0 Å². The van der Waals surface area contributed by atoms with Gasteiger partial charge in [0.05, 0.1) is 26.8 Å². The second-order valence-electron chi connectivity index (χ2n) is 26.9. The molecule has 42 heteroatoms. The van der Waals surface area contributed by atoms with E-state index < -0.39 is 35.6 Å². The second-order valence-corrected chi connectivity index (χ2v) is 34.0. The fourth-order valence-electron chi connectivity index (χ4n) is 11.3. The molecule has 0 fully saturated rings. The zero-order valence-corrected chi connectivity index (χ0v) is 79.6. The number of fused-ring (bicyclic) bond motifs is 6. The van der Waals surface area contributed by atoms with Crippen LogP contribution in [0.5, 0.6) is 51.7 Å². The van der Waals surface area contributed by atoms with E-state index in [1.165, 1.54) is 26.0 Å². The molecule has 0 bridgehead atoms. The van der Waals surface area contributed by atoms with Crippen molar-refractivity contribution in [2.45, 2.75) is 20.8 Å². The van der Waals surface area contributed by atoms with Gasteiger partial charge in [0.25, 0.3) is 35.4 Å². The summed E-state index contributed by atoms with van der Waals surface area (Å²) in [6, 6.07) is 42.7. The molecule has 0 unspecified atom stereocenters. The van der Waals surface area contributed by atoms with Crippen molar-refractivity contribution in [3.8, 4) is 51.7 Å². The first kappa shape index (κ1) is 94.5. The number of esters is 2. The minimum atomic E-state index is -0.719. The average Bonchev–Trinajstić information content (AvgIpc) is 1.09. The van der Waals surface area contributed by atoms with Crippen molar-refractivity contribution in [3.05, 3.63) is 303 Å². The summed E-state index contributed by atoms with van der Waals surface area (Å²) in [4.78, 5) is 124. The lowest BCUT2D eigenvalue weighted by Gasteiger charge is -2.19. The van der Waals surface area contributed by atoms with E-state index in [1.54, 1.807) is 157 Å². The normalized spacial score (nSPS) is 15.1. The molecule has 6 aliphatic heterocycles. The number of carbonyl (C=O) groups is 8. The van der Waals surface area contributed by atoms with Gasteiger partial charge in [0.15, 0.2) is 115 Å². The number of hydrogen-bond donors (Lipinski definition) is 7. The smallest absolute Gasteiger partial charge is 0.308 e. The fourth-order valence-corrected chi connectivity index (χ4v) is 16.4. The number of nitrogens with one attached hydrogen (secondary N) is 6. The number of ether oxygens (including phenoxy) is 8. The molecule has 130 heavy (non-hydrogen) atoms. The van der Waals surface area contributed by atoms with Crippen molar-refractivity contribution in [3.63, 3.8) is 0 Å². The molecule has 0 radical (unpaired) electrons. The maximum Gasteiger partial charge on any atom is 0.308 e. The number of carbonyl (C=O) groups excluding carboxylic acids is 8. The SMILES string of the molecule is CC(=O)Oc1c(Br)cc(/C=C2\Oc3ccc(Cl)nc3NC2=O)cc1Br.CC(=O)Oc1c(Br)cc(/C=C2\Oc3ccc(F)nc3NC2=O)cc1Br.CN(C)c1ccc(/C=C2\Oc3ccc(Cl)nc3NC2=O)cc1.Cc1ccc2c(n1)NC(=O)/C(=C/c1ccsc1)O2.O=C1Nc2nc(Cl)ccc2O/C1=C\c1cc(Br)c(O)c(Br)c1.O=C1Nc2ncccc2O/C1=C\c1cccnc1. The number of amides is 6. The maximum atomic E-state index is 13.1. The van der Waals surface area contributed by atoms with Crippen LogP contribution in [0.3, 0.4) is 0 Å². The van der Waals surface area contributed by atoms with E-state index in [2.05, 4.69) is 162 Å². The van der Waals surface area contributed by atoms with Gasteiger partial charge in [-0.25, -0.2) is 24.9 Å². The van der Waals surface area contributed by atoms with E-state index in [4.69, 9.17) is 72.7 Å². The lowest BCUT2D eigenvalue weighted by Crippen LogP contribution is -2.24. The van der Waals surface area contributed by atoms with Crippen LogP contribution in [0.1, 0.15) is 52.9 Å². The van der Waals surface area contributed by atoms with Gasteiger partial charge in [-0.05, 0) is 317 Å². The first-order valence-corrected chi connectivity index (χ1v) is 44.1. The molecular formula is C88H58Br6Cl3FN14O17S. The predicted octanol–water partition coefficient (Wildman–Crippen LogP) is 20.8. The van der Waals surface area contributed by atoms with Gasteiger partial charge in [0.2, 0.25) is 5.95 Å². The van der Waals surface area contributed by atoms with Gasteiger partial charge in [0, 0.05) is 57.9 Å². The highest BCUT2D eigenvalue weighted by atomic mass is 79.9. The predicted molar refractivity (Wildman–Crippen MR) is 508 cm³/mol. The Bertz CT molecular complexity index is 6540. The Hall–Kier alpha value is -13.1. The summed E-state index contributed by atoms with van der Waals surface area (Å²) in [5, 5.41) is 30.2. The molecule has 6 aliphatic rings. The van der Waals surface area contributed by atoms with E-state index in [-0.39, 0.29) is 91.5 Å². The number of benzene rings is 4. The van der Waals surface area contributed by atoms with Crippen LogP contribution < -0.4 is 74.7 Å². The molecular weight excluding hydrogens is 2160 g/mol. The molecule has 0 aliphatic carbocycles. The highest BCUT2D eigenvalue weighted by molar-refractivity contribution is 9.12. The van der Waals surface area contributed by atoms with E-state index in [1.807, 2.05) is 79.1 Å². The van der Waals surface area contributed by atoms with Crippen LogP contribution in [0.4, 0.5) is 45.0 Å². The minimum absolute atomic E-state index is 0.0138. The largest absolute Gasteiger partial charge is 0.506 e. The molecule has 0 saturated heterocycles. The zero-order chi connectivity index (χ0) is 92.7. The lowest BCUT2D eigenvalue weighted by molar-refractivity contribution is -0.132. The molecule has 7 N–H and O–H groups in total. The number of hydrogen-bond acceptors (Lipinski definition) is 26. The summed E-state index contributed by atoms with van der Waals surface area (Å²) >= 11 is 38.7. The molecule has 0 atom stereocenters. The number of phenols is 1. The standard InChI is InChI=1S/C16H9Br2ClN2O4.C16H9Br2FN2O4.C16H14ClN3O2.C14H7Br2ClN2O3.C13H9N3O2.C13H10N2O2S/c2*1-7(22)24-14-9(17)4-8(5-10(14)18)6-12-16(23)21-15-11(25-12)2-3-13(19)20-15;1-20(2)11-5-3-10(4-6-11)9-13-16(21)19-15-12(22-13)7-8-14(17)18-15;15-7-3-6(4-8(16)12(7)20)5-10-14(21)19-13-9(22-10)1-2-11(17)18-13;17-13-11(7-9-3-1-5-14-8-9)18-10-4-2-6-15-12(10)16-13;1-8-2-3-10-12(14-8)15-13(16)11(17-10)6-9-4-5-18-7-9/h2*2-6H,1H3,(H,20,21,23);3-9H,1-2H3,(H,18,19,21);1-5,20H,(H,18,19,21);1-8H,(H,15,16,17);2-7H,1H3,(H,14,15,16)/b2*12-6-;13-9-;10-5-;11-7-;11-6-. The zero-order valence-electron chi connectivity index (χ0n) is 67.0. The minimum Gasteiger partial charge on any atom is -0.506 e. The summed E-state index contributed by atoms with van der Waals surface area (Å²) < 4.78 is 59.7. The summed E-state index contributed by atoms with van der Waals surface area (Å²) in [5.74, 6) is 2.16. The number of aryl methyl sites for hydroxylation is 1. The van der Waals surface area contributed by atoms with Crippen LogP contribution >= 0.6 is 142 Å². The van der Waals surface area contributed by atoms with E-state index in [0.717, 1.165) is 34.1 Å². The molecule has 14 heterocycles. The lowest BCUT2D eigenvalue weighted by atomic mass is 10.1. The van der Waals surface area contributed by atoms with Crippen LogP contribution in [0.2, 0.25) is 15.5 Å². The molecule has 4 aromatic carbocycles. The average molecular weight is 2220 g/mol. The topological polar surface area (TPSA) is 396 Å². The number of aromatic nitrogens is 7. The molecule has 31 nitrogen and oxygen atoms in total. The Morgan fingerprint density at radius 2 is 0.762 bits per heavy atom. The van der Waals surface area contributed by atoms with Crippen molar-refractivity contribution < 1.29 is 85.7 Å². The third-order valence-electron chi connectivity index (χ3n) is 17.1. The van der Waals surface area contributed by atoms with E-state index >= 15 is 0 Å². The number of anilines is 7. The Morgan fingerprint density at radius 3 is 1.15 bits per heavy atom. The van der Waals surface area contributed by atoms with E-state index in [0.29, 0.717) is 106 Å². The summed E-state index contributed by atoms with van der Waals surface area (Å²) in [7, 11) is 3.94. The molecule has 0 saturated carbocycles. The van der Waals surface area contributed by atoms with Crippen molar-refractivity contribution in [1.82, 2.24) is 34.9 Å². The van der Waals surface area contributed by atoms with Gasteiger partial charge in [-0.15, -0.1) is 0 Å². The molecule has 12 aromatic rings. The Labute approximate surface area is 806 Å². The molecule has 6 amide bonds. The number of thiophene rings is 1. The summed E-state index contributed by atoms with van der Waals surface area (Å²) in [6.07, 6.45) is 14.6. The van der Waals surface area contributed by atoms with Crippen LogP contribution in [0, 0.1) is 12.9 Å². The number of rotatable bonds is 9. The van der Waals surface area contributed by atoms with Gasteiger partial charge in [-0.1, -0.05) is 53.0 Å². The number of pyridine rings is 7. The quantitative estimate of drug-likeness (QED) is 0.0305. The van der Waals surface area contributed by atoms with Crippen LogP contribution in [0.15, 0.2) is 242 Å². The third-order valence-corrected chi connectivity index (χ3v) is 22.0. The van der Waals surface area contributed by atoms with E-state index in [9.17, 15) is 47.9 Å². The molecule has 18 rings (SSSR count). The molecule has 8 aromatic heterocycles. The van der Waals surface area contributed by atoms with Crippen LogP contribution in [0.25, 0.3) is 36.5 Å². The van der Waals surface area contributed by atoms with Crippen LogP contribution in [-0.2, 0) is 38.4 Å². The fraction of sp³-hybridized carbons (Fsp3) is 0.0568. The first-order valence-electron chi connectivity index (χ1n) is 37.2. The van der Waals surface area contributed by atoms with Gasteiger partial charge in [-0.3, -0.25) is 43.3 Å². The number of halogens is 10. The van der Waals surface area contributed by atoms with Gasteiger partial charge >= 0.3 is 11.9 Å². The summed E-state index contributed by atoms with van der Waals surface area (Å²) in [6.45, 7) is 4.47. The number of phenolic OH excluding ortho intramolecular Hbond substituents is 1. The van der Waals surface area contributed by atoms with Crippen molar-refractivity contribution >= 4 is 266 Å². The monoisotopic (exact) mass is 2210 g/mol. The third kappa shape index (κ3) is 25.1.